The lowest BCUT2D eigenvalue weighted by Crippen LogP contribution is -2.18. The number of halogens is 1. The first-order valence-corrected chi connectivity index (χ1v) is 8.91. The van der Waals surface area contributed by atoms with Crippen LogP contribution in [0.1, 0.15) is 34.3 Å². The number of likely N-dealkylation sites (tertiary alicyclic amines) is 1. The third-order valence-electron chi connectivity index (χ3n) is 4.55. The van der Waals surface area contributed by atoms with Gasteiger partial charge in [0.1, 0.15) is 5.75 Å². The molecule has 25 heavy (non-hydrogen) atoms. The lowest BCUT2D eigenvalue weighted by molar-refractivity contribution is 0.102. The molecule has 1 amide bonds. The van der Waals surface area contributed by atoms with Gasteiger partial charge in [0.05, 0.1) is 12.8 Å². The number of carbonyl (C=O) groups is 1. The van der Waals surface area contributed by atoms with Gasteiger partial charge < -0.3 is 10.1 Å². The molecular formula is C20H23ClN2O2. The third-order valence-corrected chi connectivity index (χ3v) is 4.96. The second-order valence-electron chi connectivity index (χ2n) is 6.44. The van der Waals surface area contributed by atoms with Crippen LogP contribution in [0.2, 0.25) is 5.02 Å². The maximum absolute atomic E-state index is 12.5. The highest BCUT2D eigenvalue weighted by molar-refractivity contribution is 6.31. The molecule has 2 aromatic rings. The van der Waals surface area contributed by atoms with Crippen molar-refractivity contribution in [2.75, 3.05) is 25.5 Å². The van der Waals surface area contributed by atoms with Gasteiger partial charge in [-0.05, 0) is 62.2 Å². The molecule has 0 radical (unpaired) electrons. The van der Waals surface area contributed by atoms with E-state index in [4.69, 9.17) is 16.3 Å². The summed E-state index contributed by atoms with van der Waals surface area (Å²) in [4.78, 5) is 15.0. The molecule has 1 aliphatic rings. The first-order valence-electron chi connectivity index (χ1n) is 8.53. The summed E-state index contributed by atoms with van der Waals surface area (Å²) in [6.07, 6.45) is 2.56. The van der Waals surface area contributed by atoms with Gasteiger partial charge in [-0.1, -0.05) is 23.7 Å². The molecule has 0 aromatic heterocycles. The average Bonchev–Trinajstić information content (AvgIpc) is 3.11. The van der Waals surface area contributed by atoms with Crippen LogP contribution in [0.5, 0.6) is 5.75 Å². The standard InChI is InChI=1S/C20H23ClN2O2/c1-14-11-18(19(25-2)12-17(14)21)22-20(24)16-7-5-15(6-8-16)13-23-9-3-4-10-23/h5-8,11-12H,3-4,9-10,13H2,1-2H3,(H,22,24). The predicted molar refractivity (Wildman–Crippen MR) is 102 cm³/mol. The first-order chi connectivity index (χ1) is 12.1. The Balaban J connectivity index is 1.70. The molecule has 0 bridgehead atoms. The monoisotopic (exact) mass is 358 g/mol. The highest BCUT2D eigenvalue weighted by atomic mass is 35.5. The smallest absolute Gasteiger partial charge is 0.255 e. The van der Waals surface area contributed by atoms with Crippen molar-refractivity contribution in [2.24, 2.45) is 0 Å². The number of benzene rings is 2. The van der Waals surface area contributed by atoms with Gasteiger partial charge in [-0.25, -0.2) is 0 Å². The number of hydrogen-bond donors (Lipinski definition) is 1. The van der Waals surface area contributed by atoms with Crippen LogP contribution < -0.4 is 10.1 Å². The van der Waals surface area contributed by atoms with E-state index in [1.807, 2.05) is 37.3 Å². The molecule has 0 unspecified atom stereocenters. The van der Waals surface area contributed by atoms with Crippen LogP contribution in [0.4, 0.5) is 5.69 Å². The largest absolute Gasteiger partial charge is 0.495 e. The van der Waals surface area contributed by atoms with Gasteiger partial charge in [-0.3, -0.25) is 9.69 Å². The van der Waals surface area contributed by atoms with Crippen LogP contribution in [-0.2, 0) is 6.54 Å². The van der Waals surface area contributed by atoms with Crippen molar-refractivity contribution in [1.29, 1.82) is 0 Å². The summed E-state index contributed by atoms with van der Waals surface area (Å²) in [6, 6.07) is 11.3. The Hall–Kier alpha value is -2.04. The van der Waals surface area contributed by atoms with Crippen LogP contribution >= 0.6 is 11.6 Å². The van der Waals surface area contributed by atoms with Crippen LogP contribution in [0.15, 0.2) is 36.4 Å². The molecule has 4 nitrogen and oxygen atoms in total. The molecular weight excluding hydrogens is 336 g/mol. The number of anilines is 1. The Bertz CT molecular complexity index is 753. The van der Waals surface area contributed by atoms with Gasteiger partial charge in [0.15, 0.2) is 0 Å². The predicted octanol–water partition coefficient (Wildman–Crippen LogP) is 4.51. The molecule has 1 saturated heterocycles. The average molecular weight is 359 g/mol. The number of ether oxygens (including phenoxy) is 1. The molecule has 1 heterocycles. The zero-order chi connectivity index (χ0) is 17.8. The van der Waals surface area contributed by atoms with E-state index in [2.05, 4.69) is 10.2 Å². The van der Waals surface area contributed by atoms with Crippen molar-refractivity contribution in [1.82, 2.24) is 4.90 Å². The second kappa shape index (κ2) is 7.89. The van der Waals surface area contributed by atoms with Crippen molar-refractivity contribution in [2.45, 2.75) is 26.3 Å². The Morgan fingerprint density at radius 3 is 2.52 bits per heavy atom. The zero-order valence-electron chi connectivity index (χ0n) is 14.6. The van der Waals surface area contributed by atoms with E-state index in [1.54, 1.807) is 13.2 Å². The first kappa shape index (κ1) is 17.8. The number of methoxy groups -OCH3 is 1. The summed E-state index contributed by atoms with van der Waals surface area (Å²) in [5.41, 5.74) is 3.37. The fraction of sp³-hybridized carbons (Fsp3) is 0.350. The zero-order valence-corrected chi connectivity index (χ0v) is 15.4. The molecule has 0 spiro atoms. The number of nitrogens with zero attached hydrogens (tertiary/aromatic N) is 1. The highest BCUT2D eigenvalue weighted by Gasteiger charge is 2.14. The Kier molecular flexibility index (Phi) is 5.61. The van der Waals surface area contributed by atoms with Gasteiger partial charge in [0, 0.05) is 23.2 Å². The molecule has 3 rings (SSSR count). The van der Waals surface area contributed by atoms with Crippen LogP contribution in [-0.4, -0.2) is 31.0 Å². The van der Waals surface area contributed by atoms with Gasteiger partial charge in [0.25, 0.3) is 5.91 Å². The van der Waals surface area contributed by atoms with E-state index in [-0.39, 0.29) is 5.91 Å². The Morgan fingerprint density at radius 1 is 1.20 bits per heavy atom. The molecule has 132 valence electrons. The van der Waals surface area contributed by atoms with Crippen LogP contribution in [0, 0.1) is 6.92 Å². The lowest BCUT2D eigenvalue weighted by atomic mass is 10.1. The van der Waals surface area contributed by atoms with E-state index >= 15 is 0 Å². The maximum atomic E-state index is 12.5. The van der Waals surface area contributed by atoms with Gasteiger partial charge >= 0.3 is 0 Å². The minimum atomic E-state index is -0.159. The lowest BCUT2D eigenvalue weighted by Gasteiger charge is -2.15. The third kappa shape index (κ3) is 4.33. The highest BCUT2D eigenvalue weighted by Crippen LogP contribution is 2.31. The summed E-state index contributed by atoms with van der Waals surface area (Å²) in [5, 5.41) is 3.52. The fourth-order valence-electron chi connectivity index (χ4n) is 3.08. The van der Waals surface area contributed by atoms with E-state index in [1.165, 1.54) is 18.4 Å². The summed E-state index contributed by atoms with van der Waals surface area (Å²) in [6.45, 7) is 5.17. The van der Waals surface area contributed by atoms with E-state index < -0.39 is 0 Å². The minimum Gasteiger partial charge on any atom is -0.495 e. The fourth-order valence-corrected chi connectivity index (χ4v) is 3.24. The van der Waals surface area contributed by atoms with E-state index in [0.29, 0.717) is 22.0 Å². The maximum Gasteiger partial charge on any atom is 0.255 e. The van der Waals surface area contributed by atoms with Crippen LogP contribution in [0.3, 0.4) is 0 Å². The normalized spacial score (nSPS) is 14.5. The van der Waals surface area contributed by atoms with Gasteiger partial charge in [-0.2, -0.15) is 0 Å². The van der Waals surface area contributed by atoms with Crippen molar-refractivity contribution in [3.8, 4) is 5.75 Å². The number of aryl methyl sites for hydroxylation is 1. The van der Waals surface area contributed by atoms with Crippen molar-refractivity contribution < 1.29 is 9.53 Å². The van der Waals surface area contributed by atoms with Crippen molar-refractivity contribution >= 4 is 23.2 Å². The molecule has 0 aliphatic carbocycles. The molecule has 0 saturated carbocycles. The molecule has 1 fully saturated rings. The number of nitrogens with one attached hydrogen (secondary N) is 1. The quantitative estimate of drug-likeness (QED) is 0.855. The summed E-state index contributed by atoms with van der Waals surface area (Å²) in [7, 11) is 1.56. The molecule has 2 aromatic carbocycles. The van der Waals surface area contributed by atoms with Gasteiger partial charge in [-0.15, -0.1) is 0 Å². The minimum absolute atomic E-state index is 0.159. The number of hydrogen-bond acceptors (Lipinski definition) is 3. The van der Waals surface area contributed by atoms with Crippen molar-refractivity contribution in [3.63, 3.8) is 0 Å². The molecule has 1 aliphatic heterocycles. The summed E-state index contributed by atoms with van der Waals surface area (Å²) < 4.78 is 5.31. The SMILES string of the molecule is COc1cc(Cl)c(C)cc1NC(=O)c1ccc(CN2CCCC2)cc1. The molecule has 5 heteroatoms. The topological polar surface area (TPSA) is 41.6 Å². The summed E-state index contributed by atoms with van der Waals surface area (Å²) in [5.74, 6) is 0.391. The van der Waals surface area contributed by atoms with E-state index in [0.717, 1.165) is 25.2 Å². The number of carbonyl (C=O) groups excluding carboxylic acids is 1. The number of amides is 1. The molecule has 1 N–H and O–H groups in total. The van der Waals surface area contributed by atoms with E-state index in [9.17, 15) is 4.79 Å². The van der Waals surface area contributed by atoms with Crippen LogP contribution in [0.25, 0.3) is 0 Å². The second-order valence-corrected chi connectivity index (χ2v) is 6.84. The Morgan fingerprint density at radius 2 is 1.88 bits per heavy atom. The number of rotatable bonds is 5. The van der Waals surface area contributed by atoms with Crippen molar-refractivity contribution in [3.05, 3.63) is 58.1 Å². The van der Waals surface area contributed by atoms with Gasteiger partial charge in [0.2, 0.25) is 0 Å². The Labute approximate surface area is 153 Å². The molecule has 0 atom stereocenters. The summed E-state index contributed by atoms with van der Waals surface area (Å²) >= 11 is 6.11.